The molecule has 0 bridgehead atoms. The molecule has 0 aromatic heterocycles. The van der Waals surface area contributed by atoms with E-state index < -0.39 is 0 Å². The summed E-state index contributed by atoms with van der Waals surface area (Å²) in [6, 6.07) is 17.3. The standard InChI is InChI=1S/C17H16O2/c1-2-19-17-10-6-7-14(12-17)11-16(13-18)15-8-4-3-5-9-15/h3-13H,2H2,1H3/b16-11-. The van der Waals surface area contributed by atoms with Crippen LogP contribution in [0.2, 0.25) is 0 Å². The van der Waals surface area contributed by atoms with Crippen LogP contribution < -0.4 is 4.74 Å². The zero-order valence-electron chi connectivity index (χ0n) is 10.9. The smallest absolute Gasteiger partial charge is 0.150 e. The van der Waals surface area contributed by atoms with E-state index >= 15 is 0 Å². The van der Waals surface area contributed by atoms with E-state index in [4.69, 9.17) is 4.74 Å². The second kappa shape index (κ2) is 6.55. The maximum atomic E-state index is 11.2. The van der Waals surface area contributed by atoms with Gasteiger partial charge in [-0.25, -0.2) is 0 Å². The van der Waals surface area contributed by atoms with E-state index in [2.05, 4.69) is 0 Å². The third-order valence-corrected chi connectivity index (χ3v) is 2.73. The predicted octanol–water partition coefficient (Wildman–Crippen LogP) is 3.82. The van der Waals surface area contributed by atoms with Crippen molar-refractivity contribution in [1.82, 2.24) is 0 Å². The van der Waals surface area contributed by atoms with Crippen molar-refractivity contribution in [2.45, 2.75) is 6.92 Å². The molecule has 0 atom stereocenters. The van der Waals surface area contributed by atoms with Gasteiger partial charge in [-0.3, -0.25) is 4.79 Å². The molecule has 0 spiro atoms. The highest BCUT2D eigenvalue weighted by molar-refractivity contribution is 6.13. The molecule has 0 saturated heterocycles. The van der Waals surface area contributed by atoms with Crippen molar-refractivity contribution in [2.24, 2.45) is 0 Å². The number of aldehydes is 1. The molecule has 0 heterocycles. The highest BCUT2D eigenvalue weighted by Gasteiger charge is 2.00. The van der Waals surface area contributed by atoms with Crippen molar-refractivity contribution in [1.29, 1.82) is 0 Å². The van der Waals surface area contributed by atoms with Crippen LogP contribution in [0.15, 0.2) is 54.6 Å². The Bertz CT molecular complexity index is 571. The number of allylic oxidation sites excluding steroid dienone is 1. The molecule has 0 unspecified atom stereocenters. The first-order chi connectivity index (χ1) is 9.33. The molecule has 2 rings (SSSR count). The molecular weight excluding hydrogens is 236 g/mol. The Hall–Kier alpha value is -2.35. The summed E-state index contributed by atoms with van der Waals surface area (Å²) < 4.78 is 5.45. The van der Waals surface area contributed by atoms with Gasteiger partial charge in [0.2, 0.25) is 0 Å². The maximum absolute atomic E-state index is 11.2. The number of benzene rings is 2. The molecule has 0 aliphatic rings. The number of hydrogen-bond donors (Lipinski definition) is 0. The topological polar surface area (TPSA) is 26.3 Å². The lowest BCUT2D eigenvalue weighted by Crippen LogP contribution is -1.91. The molecule has 2 nitrogen and oxygen atoms in total. The average molecular weight is 252 g/mol. The summed E-state index contributed by atoms with van der Waals surface area (Å²) in [4.78, 5) is 11.2. The molecular formula is C17H16O2. The summed E-state index contributed by atoms with van der Waals surface area (Å²) in [5, 5.41) is 0. The molecule has 2 heteroatoms. The first-order valence-electron chi connectivity index (χ1n) is 6.28. The van der Waals surface area contributed by atoms with Gasteiger partial charge >= 0.3 is 0 Å². The van der Waals surface area contributed by atoms with Gasteiger partial charge in [0.1, 0.15) is 5.75 Å². The zero-order chi connectivity index (χ0) is 13.5. The molecule has 0 saturated carbocycles. The molecule has 2 aromatic rings. The van der Waals surface area contributed by atoms with Gasteiger partial charge in [0.05, 0.1) is 6.61 Å². The molecule has 19 heavy (non-hydrogen) atoms. The molecule has 0 aliphatic carbocycles. The summed E-state index contributed by atoms with van der Waals surface area (Å²) >= 11 is 0. The van der Waals surface area contributed by atoms with Gasteiger partial charge in [-0.05, 0) is 36.3 Å². The van der Waals surface area contributed by atoms with Gasteiger partial charge < -0.3 is 4.74 Å². The Morgan fingerprint density at radius 1 is 1.11 bits per heavy atom. The van der Waals surface area contributed by atoms with Crippen LogP contribution in [0.3, 0.4) is 0 Å². The monoisotopic (exact) mass is 252 g/mol. The second-order valence-corrected chi connectivity index (χ2v) is 4.09. The highest BCUT2D eigenvalue weighted by Crippen LogP contribution is 2.19. The number of carbonyl (C=O) groups is 1. The summed E-state index contributed by atoms with van der Waals surface area (Å²) in [6.07, 6.45) is 2.74. The van der Waals surface area contributed by atoms with Gasteiger partial charge in [-0.1, -0.05) is 42.5 Å². The van der Waals surface area contributed by atoms with Crippen molar-refractivity contribution >= 4 is 17.9 Å². The van der Waals surface area contributed by atoms with Crippen LogP contribution in [0.1, 0.15) is 18.1 Å². The van der Waals surface area contributed by atoms with Crippen molar-refractivity contribution in [3.63, 3.8) is 0 Å². The number of carbonyl (C=O) groups excluding carboxylic acids is 1. The average Bonchev–Trinajstić information content (AvgIpc) is 2.46. The second-order valence-electron chi connectivity index (χ2n) is 4.09. The Morgan fingerprint density at radius 3 is 2.58 bits per heavy atom. The van der Waals surface area contributed by atoms with Crippen molar-refractivity contribution in [3.8, 4) is 5.75 Å². The van der Waals surface area contributed by atoms with Crippen molar-refractivity contribution < 1.29 is 9.53 Å². The minimum absolute atomic E-state index is 0.631. The first-order valence-corrected chi connectivity index (χ1v) is 6.28. The van der Waals surface area contributed by atoms with Crippen LogP contribution in [-0.2, 0) is 4.79 Å². The fourth-order valence-corrected chi connectivity index (χ4v) is 1.86. The van der Waals surface area contributed by atoms with Crippen LogP contribution in [0.4, 0.5) is 0 Å². The van der Waals surface area contributed by atoms with E-state index in [9.17, 15) is 4.79 Å². The van der Waals surface area contributed by atoms with Gasteiger partial charge in [0.25, 0.3) is 0 Å². The van der Waals surface area contributed by atoms with E-state index in [0.717, 1.165) is 23.2 Å². The summed E-state index contributed by atoms with van der Waals surface area (Å²) in [7, 11) is 0. The van der Waals surface area contributed by atoms with Crippen LogP contribution in [-0.4, -0.2) is 12.9 Å². The SMILES string of the molecule is CCOc1cccc(/C=C(/C=O)c2ccccc2)c1. The summed E-state index contributed by atoms with van der Waals surface area (Å²) in [6.45, 7) is 2.58. The lowest BCUT2D eigenvalue weighted by molar-refractivity contribution is -0.103. The summed E-state index contributed by atoms with van der Waals surface area (Å²) in [5.74, 6) is 0.814. The molecule has 96 valence electrons. The van der Waals surface area contributed by atoms with Crippen LogP contribution in [0, 0.1) is 0 Å². The fraction of sp³-hybridized carbons (Fsp3) is 0.118. The van der Waals surface area contributed by atoms with E-state index in [1.54, 1.807) is 0 Å². The first kappa shape index (κ1) is 13.1. The van der Waals surface area contributed by atoms with E-state index in [1.807, 2.05) is 67.6 Å². The lowest BCUT2D eigenvalue weighted by atomic mass is 10.0. The quantitative estimate of drug-likeness (QED) is 0.459. The molecule has 0 radical (unpaired) electrons. The van der Waals surface area contributed by atoms with Crippen molar-refractivity contribution in [2.75, 3.05) is 6.61 Å². The van der Waals surface area contributed by atoms with Crippen molar-refractivity contribution in [3.05, 3.63) is 65.7 Å². The van der Waals surface area contributed by atoms with Gasteiger partial charge in [-0.2, -0.15) is 0 Å². The highest BCUT2D eigenvalue weighted by atomic mass is 16.5. The molecule has 0 N–H and O–H groups in total. The minimum atomic E-state index is 0.631. The molecule has 0 fully saturated rings. The lowest BCUT2D eigenvalue weighted by Gasteiger charge is -2.04. The van der Waals surface area contributed by atoms with E-state index in [1.165, 1.54) is 0 Å². The normalized spacial score (nSPS) is 11.1. The number of ether oxygens (including phenoxy) is 1. The fourth-order valence-electron chi connectivity index (χ4n) is 1.86. The Balaban J connectivity index is 2.32. The predicted molar refractivity (Wildman–Crippen MR) is 78.0 cm³/mol. The van der Waals surface area contributed by atoms with Crippen LogP contribution >= 0.6 is 0 Å². The summed E-state index contributed by atoms with van der Waals surface area (Å²) in [5.41, 5.74) is 2.53. The Kier molecular flexibility index (Phi) is 4.51. The van der Waals surface area contributed by atoms with Crippen LogP contribution in [0.25, 0.3) is 11.6 Å². The Labute approximate surface area is 113 Å². The molecule has 2 aromatic carbocycles. The van der Waals surface area contributed by atoms with E-state index in [0.29, 0.717) is 12.2 Å². The largest absolute Gasteiger partial charge is 0.494 e. The maximum Gasteiger partial charge on any atom is 0.150 e. The molecule has 0 aliphatic heterocycles. The van der Waals surface area contributed by atoms with Gasteiger partial charge in [0.15, 0.2) is 6.29 Å². The number of hydrogen-bond acceptors (Lipinski definition) is 2. The van der Waals surface area contributed by atoms with E-state index in [-0.39, 0.29) is 0 Å². The minimum Gasteiger partial charge on any atom is -0.494 e. The van der Waals surface area contributed by atoms with Gasteiger partial charge in [0, 0.05) is 5.57 Å². The Morgan fingerprint density at radius 2 is 1.89 bits per heavy atom. The zero-order valence-corrected chi connectivity index (χ0v) is 10.9. The third-order valence-electron chi connectivity index (χ3n) is 2.73. The molecule has 0 amide bonds. The number of rotatable bonds is 5. The van der Waals surface area contributed by atoms with Crippen LogP contribution in [0.5, 0.6) is 5.75 Å². The van der Waals surface area contributed by atoms with Gasteiger partial charge in [-0.15, -0.1) is 0 Å². The third kappa shape index (κ3) is 3.55.